The molecule has 2 amide bonds. The number of anilines is 1. The van der Waals surface area contributed by atoms with Gasteiger partial charge in [0.05, 0.1) is 17.5 Å². The van der Waals surface area contributed by atoms with Gasteiger partial charge < -0.3 is 5.11 Å². The highest BCUT2D eigenvalue weighted by Crippen LogP contribution is 2.40. The number of phenolic OH excluding ortho intramolecular Hbond substituents is 1. The summed E-state index contributed by atoms with van der Waals surface area (Å²) >= 11 is 0. The normalized spacial score (nSPS) is 29.7. The molecule has 19 heavy (non-hydrogen) atoms. The molecule has 0 bridgehead atoms. The fourth-order valence-electron chi connectivity index (χ4n) is 3.00. The zero-order valence-electron chi connectivity index (χ0n) is 10.6. The maximum atomic E-state index is 12.5. The fourth-order valence-corrected chi connectivity index (χ4v) is 3.00. The van der Waals surface area contributed by atoms with Crippen molar-refractivity contribution in [1.29, 1.82) is 0 Å². The number of carbonyl (C=O) groups is 2. The quantitative estimate of drug-likeness (QED) is 0.619. The minimum Gasteiger partial charge on any atom is -0.508 e. The van der Waals surface area contributed by atoms with E-state index in [1.807, 2.05) is 19.1 Å². The lowest BCUT2D eigenvalue weighted by Crippen LogP contribution is -2.31. The molecule has 0 saturated carbocycles. The molecule has 1 N–H and O–H groups in total. The van der Waals surface area contributed by atoms with E-state index < -0.39 is 0 Å². The molecule has 2 aliphatic rings. The molecular weight excluding hydrogens is 242 g/mol. The third-order valence-corrected chi connectivity index (χ3v) is 3.98. The first-order valence-corrected chi connectivity index (χ1v) is 6.43. The monoisotopic (exact) mass is 257 g/mol. The third-order valence-electron chi connectivity index (χ3n) is 3.98. The molecule has 1 saturated heterocycles. The van der Waals surface area contributed by atoms with Gasteiger partial charge in [-0.15, -0.1) is 0 Å². The summed E-state index contributed by atoms with van der Waals surface area (Å²) in [5, 5.41) is 9.28. The molecule has 1 aromatic rings. The first-order chi connectivity index (χ1) is 9.09. The number of rotatable bonds is 1. The third kappa shape index (κ3) is 1.75. The van der Waals surface area contributed by atoms with Crippen molar-refractivity contribution in [1.82, 2.24) is 0 Å². The van der Waals surface area contributed by atoms with Crippen LogP contribution in [-0.2, 0) is 9.59 Å². The van der Waals surface area contributed by atoms with Gasteiger partial charge in [0.15, 0.2) is 0 Å². The van der Waals surface area contributed by atoms with E-state index in [2.05, 4.69) is 0 Å². The van der Waals surface area contributed by atoms with Crippen LogP contribution < -0.4 is 4.90 Å². The highest BCUT2D eigenvalue weighted by molar-refractivity contribution is 6.22. The number of allylic oxidation sites excluding steroid dienone is 2. The Hall–Kier alpha value is -2.10. The van der Waals surface area contributed by atoms with Crippen LogP contribution in [0.3, 0.4) is 0 Å². The van der Waals surface area contributed by atoms with Gasteiger partial charge in [-0.3, -0.25) is 14.5 Å². The van der Waals surface area contributed by atoms with Gasteiger partial charge in [-0.05, 0) is 36.6 Å². The summed E-state index contributed by atoms with van der Waals surface area (Å²) < 4.78 is 0. The maximum Gasteiger partial charge on any atom is 0.238 e. The van der Waals surface area contributed by atoms with E-state index in [1.54, 1.807) is 12.1 Å². The number of phenols is 1. The standard InChI is InChI=1S/C15H15NO3/c1-9-3-2-4-12-13(9)15(19)16(14(12)18)10-5-7-11(17)8-6-10/h2-3,5-9,12-13,17H,4H2,1H3/t9-,12-,13-/m1/s1. The van der Waals surface area contributed by atoms with E-state index in [9.17, 15) is 14.7 Å². The zero-order valence-corrected chi connectivity index (χ0v) is 10.6. The second-order valence-electron chi connectivity index (χ2n) is 5.18. The lowest BCUT2D eigenvalue weighted by atomic mass is 9.78. The first kappa shape index (κ1) is 12.0. The van der Waals surface area contributed by atoms with Crippen LogP contribution in [-0.4, -0.2) is 16.9 Å². The molecule has 0 spiro atoms. The zero-order chi connectivity index (χ0) is 13.6. The second-order valence-corrected chi connectivity index (χ2v) is 5.18. The Labute approximate surface area is 111 Å². The van der Waals surface area contributed by atoms with Crippen molar-refractivity contribution >= 4 is 17.5 Å². The van der Waals surface area contributed by atoms with Crippen molar-refractivity contribution < 1.29 is 14.7 Å². The van der Waals surface area contributed by atoms with Gasteiger partial charge in [-0.2, -0.15) is 0 Å². The van der Waals surface area contributed by atoms with E-state index in [1.165, 1.54) is 17.0 Å². The molecule has 0 unspecified atom stereocenters. The Morgan fingerprint density at radius 2 is 1.84 bits per heavy atom. The number of benzene rings is 1. The van der Waals surface area contributed by atoms with Crippen molar-refractivity contribution in [2.75, 3.05) is 4.90 Å². The molecule has 4 nitrogen and oxygen atoms in total. The first-order valence-electron chi connectivity index (χ1n) is 6.43. The van der Waals surface area contributed by atoms with Crippen molar-refractivity contribution in [2.24, 2.45) is 17.8 Å². The number of aromatic hydroxyl groups is 1. The number of fused-ring (bicyclic) bond motifs is 1. The number of carbonyl (C=O) groups excluding carboxylic acids is 2. The van der Waals surface area contributed by atoms with E-state index in [-0.39, 0.29) is 35.3 Å². The summed E-state index contributed by atoms with van der Waals surface area (Å²) in [6.07, 6.45) is 4.62. The van der Waals surface area contributed by atoms with Crippen molar-refractivity contribution in [3.63, 3.8) is 0 Å². The van der Waals surface area contributed by atoms with E-state index >= 15 is 0 Å². The number of imide groups is 1. The molecule has 1 aliphatic carbocycles. The number of nitrogens with zero attached hydrogens (tertiary/aromatic N) is 1. The number of hydrogen-bond donors (Lipinski definition) is 1. The highest BCUT2D eigenvalue weighted by atomic mass is 16.3. The molecule has 3 rings (SSSR count). The Morgan fingerprint density at radius 3 is 2.47 bits per heavy atom. The van der Waals surface area contributed by atoms with Gasteiger partial charge in [0.1, 0.15) is 5.75 Å². The molecule has 4 heteroatoms. The van der Waals surface area contributed by atoms with Crippen molar-refractivity contribution in [2.45, 2.75) is 13.3 Å². The van der Waals surface area contributed by atoms with Gasteiger partial charge in [0.25, 0.3) is 0 Å². The SMILES string of the molecule is C[C@@H]1C=CC[C@H]2C(=O)N(c3ccc(O)cc3)C(=O)[C@H]12. The van der Waals surface area contributed by atoms with Crippen LogP contribution in [0.5, 0.6) is 5.75 Å². The Kier molecular flexibility index (Phi) is 2.66. The van der Waals surface area contributed by atoms with E-state index in [4.69, 9.17) is 0 Å². The molecule has 3 atom stereocenters. The highest BCUT2D eigenvalue weighted by Gasteiger charge is 2.50. The Morgan fingerprint density at radius 1 is 1.16 bits per heavy atom. The van der Waals surface area contributed by atoms with Crippen LogP contribution in [0.2, 0.25) is 0 Å². The maximum absolute atomic E-state index is 12.5. The van der Waals surface area contributed by atoms with Gasteiger partial charge in [-0.1, -0.05) is 19.1 Å². The van der Waals surface area contributed by atoms with Crippen LogP contribution in [0.1, 0.15) is 13.3 Å². The number of amides is 2. The minimum atomic E-state index is -0.244. The molecule has 1 heterocycles. The summed E-state index contributed by atoms with van der Waals surface area (Å²) in [5.41, 5.74) is 0.536. The van der Waals surface area contributed by atoms with Crippen LogP contribution >= 0.6 is 0 Å². The smallest absolute Gasteiger partial charge is 0.238 e. The Balaban J connectivity index is 1.98. The summed E-state index contributed by atoms with van der Waals surface area (Å²) in [5.74, 6) is -0.519. The average molecular weight is 257 g/mol. The lowest BCUT2D eigenvalue weighted by Gasteiger charge is -2.22. The number of hydrogen-bond acceptors (Lipinski definition) is 3. The second kappa shape index (κ2) is 4.23. The molecule has 98 valence electrons. The molecule has 0 aromatic heterocycles. The van der Waals surface area contributed by atoms with Crippen LogP contribution in [0.4, 0.5) is 5.69 Å². The van der Waals surface area contributed by atoms with Gasteiger partial charge in [0.2, 0.25) is 11.8 Å². The van der Waals surface area contributed by atoms with E-state index in [0.717, 1.165) is 0 Å². The predicted octanol–water partition coefficient (Wildman–Crippen LogP) is 2.09. The van der Waals surface area contributed by atoms with Crippen molar-refractivity contribution in [3.8, 4) is 5.75 Å². The van der Waals surface area contributed by atoms with Crippen LogP contribution in [0.15, 0.2) is 36.4 Å². The van der Waals surface area contributed by atoms with Gasteiger partial charge in [-0.25, -0.2) is 0 Å². The van der Waals surface area contributed by atoms with E-state index in [0.29, 0.717) is 12.1 Å². The molecule has 1 aliphatic heterocycles. The van der Waals surface area contributed by atoms with Crippen LogP contribution in [0.25, 0.3) is 0 Å². The molecular formula is C15H15NO3. The van der Waals surface area contributed by atoms with Gasteiger partial charge >= 0.3 is 0 Å². The molecule has 1 fully saturated rings. The fraction of sp³-hybridized carbons (Fsp3) is 0.333. The molecule has 0 radical (unpaired) electrons. The van der Waals surface area contributed by atoms with Crippen LogP contribution in [0, 0.1) is 17.8 Å². The summed E-state index contributed by atoms with van der Waals surface area (Å²) in [7, 11) is 0. The van der Waals surface area contributed by atoms with Gasteiger partial charge in [0, 0.05) is 0 Å². The minimum absolute atomic E-state index is 0.0947. The summed E-state index contributed by atoms with van der Waals surface area (Å²) in [6.45, 7) is 1.97. The lowest BCUT2D eigenvalue weighted by molar-refractivity contribution is -0.122. The predicted molar refractivity (Wildman–Crippen MR) is 70.5 cm³/mol. The largest absolute Gasteiger partial charge is 0.508 e. The summed E-state index contributed by atoms with van der Waals surface area (Å²) in [4.78, 5) is 26.1. The summed E-state index contributed by atoms with van der Waals surface area (Å²) in [6, 6.07) is 6.17. The Bertz CT molecular complexity index is 561. The molecule has 1 aromatic carbocycles. The van der Waals surface area contributed by atoms with Crippen molar-refractivity contribution in [3.05, 3.63) is 36.4 Å². The topological polar surface area (TPSA) is 57.6 Å². The average Bonchev–Trinajstić information content (AvgIpc) is 2.65.